The van der Waals surface area contributed by atoms with Crippen molar-refractivity contribution >= 4 is 44.7 Å². The van der Waals surface area contributed by atoms with Crippen LogP contribution < -0.4 is 10.1 Å². The molecule has 0 aromatic heterocycles. The van der Waals surface area contributed by atoms with Gasteiger partial charge in [0.15, 0.2) is 0 Å². The highest BCUT2D eigenvalue weighted by Crippen LogP contribution is 2.25. The highest BCUT2D eigenvalue weighted by atomic mass is 79.9. The van der Waals surface area contributed by atoms with Crippen LogP contribution >= 0.6 is 39.7 Å². The Morgan fingerprint density at radius 2 is 2.04 bits per heavy atom. The third kappa shape index (κ3) is 5.46. The number of rotatable bonds is 7. The van der Waals surface area contributed by atoms with Crippen molar-refractivity contribution in [2.24, 2.45) is 0 Å². The van der Waals surface area contributed by atoms with Gasteiger partial charge in [0.05, 0.1) is 12.2 Å². The van der Waals surface area contributed by atoms with E-state index in [1.165, 1.54) is 0 Å². The van der Waals surface area contributed by atoms with Crippen LogP contribution in [0.25, 0.3) is 0 Å². The number of thiocarbonyl (C=S) groups is 1. The molecule has 2 aromatic carbocycles. The second-order valence-electron chi connectivity index (χ2n) is 4.77. The minimum absolute atomic E-state index is 0.384. The number of benzene rings is 2. The van der Waals surface area contributed by atoms with E-state index in [1.807, 2.05) is 42.5 Å². The summed E-state index contributed by atoms with van der Waals surface area (Å²) in [6, 6.07) is 13.4. The third-order valence-electron chi connectivity index (χ3n) is 3.12. The summed E-state index contributed by atoms with van der Waals surface area (Å²) in [5, 5.41) is 3.84. The minimum atomic E-state index is 0.384. The quantitative estimate of drug-likeness (QED) is 0.530. The molecule has 0 radical (unpaired) electrons. The van der Waals surface area contributed by atoms with Gasteiger partial charge in [-0.1, -0.05) is 57.9 Å². The van der Waals surface area contributed by atoms with Gasteiger partial charge in [0.1, 0.15) is 17.3 Å². The second kappa shape index (κ2) is 9.23. The molecule has 0 heterocycles. The fraction of sp³-hybridized carbons (Fsp3) is 0.235. The lowest BCUT2D eigenvalue weighted by atomic mass is 10.2. The zero-order valence-corrected chi connectivity index (χ0v) is 15.8. The van der Waals surface area contributed by atoms with Crippen LogP contribution in [0.2, 0.25) is 5.02 Å². The number of methoxy groups -OCH3 is 1. The van der Waals surface area contributed by atoms with Crippen molar-refractivity contribution in [1.29, 1.82) is 0 Å². The molecule has 6 heteroatoms. The molecule has 0 aliphatic carbocycles. The largest absolute Gasteiger partial charge is 0.488 e. The zero-order chi connectivity index (χ0) is 16.7. The Morgan fingerprint density at radius 3 is 2.78 bits per heavy atom. The fourth-order valence-electron chi connectivity index (χ4n) is 1.94. The van der Waals surface area contributed by atoms with Gasteiger partial charge >= 0.3 is 0 Å². The Bertz CT molecular complexity index is 681. The van der Waals surface area contributed by atoms with Gasteiger partial charge in [-0.2, -0.15) is 0 Å². The van der Waals surface area contributed by atoms with Crippen LogP contribution in [-0.2, 0) is 11.3 Å². The predicted molar refractivity (Wildman–Crippen MR) is 102 cm³/mol. The first-order valence-corrected chi connectivity index (χ1v) is 8.62. The first-order chi connectivity index (χ1) is 11.1. The van der Waals surface area contributed by atoms with E-state index in [0.717, 1.165) is 15.6 Å². The second-order valence-corrected chi connectivity index (χ2v) is 6.50. The van der Waals surface area contributed by atoms with Crippen LogP contribution in [0.4, 0.5) is 0 Å². The van der Waals surface area contributed by atoms with E-state index in [-0.39, 0.29) is 0 Å². The van der Waals surface area contributed by atoms with Gasteiger partial charge < -0.3 is 14.8 Å². The van der Waals surface area contributed by atoms with Crippen LogP contribution in [0.5, 0.6) is 5.75 Å². The SMILES string of the molecule is COCCNC(=S)c1cc(Br)ccc1OCc1ccccc1Cl. The molecule has 0 bridgehead atoms. The predicted octanol–water partition coefficient (Wildman–Crippen LogP) is 4.59. The monoisotopic (exact) mass is 413 g/mol. The zero-order valence-electron chi connectivity index (χ0n) is 12.6. The fourth-order valence-corrected chi connectivity index (χ4v) is 2.75. The van der Waals surface area contributed by atoms with Gasteiger partial charge in [0.2, 0.25) is 0 Å². The number of nitrogens with one attached hydrogen (secondary N) is 1. The lowest BCUT2D eigenvalue weighted by Crippen LogP contribution is -2.26. The molecule has 0 aliphatic heterocycles. The van der Waals surface area contributed by atoms with E-state index in [2.05, 4.69) is 21.2 Å². The van der Waals surface area contributed by atoms with Crippen molar-refractivity contribution in [2.75, 3.05) is 20.3 Å². The smallest absolute Gasteiger partial charge is 0.130 e. The summed E-state index contributed by atoms with van der Waals surface area (Å²) in [6.45, 7) is 1.62. The molecule has 0 saturated carbocycles. The Hall–Kier alpha value is -1.14. The average molecular weight is 415 g/mol. The molecular formula is C17H17BrClNO2S. The Kier molecular flexibility index (Phi) is 7.30. The molecule has 0 spiro atoms. The molecular weight excluding hydrogens is 398 g/mol. The summed E-state index contributed by atoms with van der Waals surface area (Å²) in [5.74, 6) is 0.711. The maximum absolute atomic E-state index is 6.16. The molecule has 122 valence electrons. The molecule has 3 nitrogen and oxygen atoms in total. The van der Waals surface area contributed by atoms with Crippen molar-refractivity contribution in [1.82, 2.24) is 5.32 Å². The van der Waals surface area contributed by atoms with E-state index in [0.29, 0.717) is 35.5 Å². The summed E-state index contributed by atoms with van der Waals surface area (Å²) in [4.78, 5) is 0.623. The van der Waals surface area contributed by atoms with Crippen LogP contribution in [0.1, 0.15) is 11.1 Å². The van der Waals surface area contributed by atoms with Gasteiger partial charge in [0.25, 0.3) is 0 Å². The van der Waals surface area contributed by atoms with Crippen molar-refractivity contribution in [2.45, 2.75) is 6.61 Å². The molecule has 0 amide bonds. The average Bonchev–Trinajstić information content (AvgIpc) is 2.55. The first-order valence-electron chi connectivity index (χ1n) is 7.04. The molecule has 2 rings (SSSR count). The molecule has 0 saturated heterocycles. The van der Waals surface area contributed by atoms with Crippen LogP contribution in [-0.4, -0.2) is 25.2 Å². The lowest BCUT2D eigenvalue weighted by Gasteiger charge is -2.14. The van der Waals surface area contributed by atoms with Crippen molar-refractivity contribution in [3.05, 3.63) is 63.1 Å². The molecule has 0 fully saturated rings. The standard InChI is InChI=1S/C17H17BrClNO2S/c1-21-9-8-20-17(23)14-10-13(18)6-7-16(14)22-11-12-4-2-3-5-15(12)19/h2-7,10H,8-9,11H2,1H3,(H,20,23). The van der Waals surface area contributed by atoms with Gasteiger partial charge in [-0.05, 0) is 24.3 Å². The van der Waals surface area contributed by atoms with Crippen LogP contribution in [0.15, 0.2) is 46.9 Å². The molecule has 0 atom stereocenters. The van der Waals surface area contributed by atoms with Crippen molar-refractivity contribution in [3.8, 4) is 5.75 Å². The summed E-state index contributed by atoms with van der Waals surface area (Å²) >= 11 is 15.1. The topological polar surface area (TPSA) is 30.5 Å². The molecule has 1 N–H and O–H groups in total. The van der Waals surface area contributed by atoms with E-state index in [1.54, 1.807) is 7.11 Å². The number of halogens is 2. The third-order valence-corrected chi connectivity index (χ3v) is 4.35. The molecule has 23 heavy (non-hydrogen) atoms. The van der Waals surface area contributed by atoms with Gasteiger partial charge in [-0.15, -0.1) is 0 Å². The summed E-state index contributed by atoms with van der Waals surface area (Å²) in [7, 11) is 1.65. The number of hydrogen-bond donors (Lipinski definition) is 1. The van der Waals surface area contributed by atoms with E-state index in [9.17, 15) is 0 Å². The summed E-state index contributed by atoms with van der Waals surface area (Å²) < 4.78 is 11.9. The Morgan fingerprint density at radius 1 is 1.26 bits per heavy atom. The maximum Gasteiger partial charge on any atom is 0.130 e. The molecule has 0 aliphatic rings. The van der Waals surface area contributed by atoms with E-state index < -0.39 is 0 Å². The van der Waals surface area contributed by atoms with Gasteiger partial charge in [-0.25, -0.2) is 0 Å². The molecule has 2 aromatic rings. The number of hydrogen-bond acceptors (Lipinski definition) is 3. The van der Waals surface area contributed by atoms with Crippen LogP contribution in [0, 0.1) is 0 Å². The maximum atomic E-state index is 6.16. The summed E-state index contributed by atoms with van der Waals surface area (Å²) in [6.07, 6.45) is 0. The Labute approximate surface area is 155 Å². The van der Waals surface area contributed by atoms with Gasteiger partial charge in [-0.3, -0.25) is 0 Å². The van der Waals surface area contributed by atoms with E-state index in [4.69, 9.17) is 33.3 Å². The normalized spacial score (nSPS) is 10.4. The summed E-state index contributed by atoms with van der Waals surface area (Å²) in [5.41, 5.74) is 1.76. The molecule has 0 unspecified atom stereocenters. The minimum Gasteiger partial charge on any atom is -0.488 e. The Balaban J connectivity index is 2.12. The van der Waals surface area contributed by atoms with Crippen molar-refractivity contribution in [3.63, 3.8) is 0 Å². The van der Waals surface area contributed by atoms with E-state index >= 15 is 0 Å². The lowest BCUT2D eigenvalue weighted by molar-refractivity contribution is 0.204. The first kappa shape index (κ1) is 18.2. The van der Waals surface area contributed by atoms with Gasteiger partial charge in [0, 0.05) is 28.7 Å². The highest BCUT2D eigenvalue weighted by molar-refractivity contribution is 9.10. The highest BCUT2D eigenvalue weighted by Gasteiger charge is 2.11. The van der Waals surface area contributed by atoms with Crippen molar-refractivity contribution < 1.29 is 9.47 Å². The van der Waals surface area contributed by atoms with Crippen LogP contribution in [0.3, 0.4) is 0 Å². The number of ether oxygens (including phenoxy) is 2.